The first-order valence-corrected chi connectivity index (χ1v) is 7.36. The van der Waals surface area contributed by atoms with Gasteiger partial charge in [-0.2, -0.15) is 0 Å². The van der Waals surface area contributed by atoms with Gasteiger partial charge in [0.2, 0.25) is 11.9 Å². The minimum atomic E-state index is -0.0534. The molecule has 2 aliphatic heterocycles. The number of nitrogens with one attached hydrogen (secondary N) is 1. The van der Waals surface area contributed by atoms with Crippen molar-refractivity contribution in [2.24, 2.45) is 5.92 Å². The molecule has 1 aromatic heterocycles. The Labute approximate surface area is 124 Å². The van der Waals surface area contributed by atoms with E-state index in [2.05, 4.69) is 32.1 Å². The maximum atomic E-state index is 12.0. The highest BCUT2D eigenvalue weighted by Crippen LogP contribution is 2.16. The summed E-state index contributed by atoms with van der Waals surface area (Å²) in [6.07, 6.45) is 4.13. The molecule has 1 amide bonds. The van der Waals surface area contributed by atoms with Crippen LogP contribution in [0.25, 0.3) is 0 Å². The molecule has 1 atom stereocenters. The summed E-state index contributed by atoms with van der Waals surface area (Å²) in [6, 6.07) is 0. The average molecular weight is 291 g/mol. The van der Waals surface area contributed by atoms with Gasteiger partial charge in [-0.15, -0.1) is 0 Å². The Hall–Kier alpha value is -1.73. The lowest BCUT2D eigenvalue weighted by molar-refractivity contribution is -0.119. The molecular formula is C14H21N5O2. The SMILES string of the molecule is CN1CCN(c2ncc(NC(=O)C3CCOC3)cn2)CC1. The number of anilines is 2. The number of ether oxygens (including phenoxy) is 1. The number of hydrogen-bond donors (Lipinski definition) is 1. The van der Waals surface area contributed by atoms with Crippen molar-refractivity contribution in [3.8, 4) is 0 Å². The van der Waals surface area contributed by atoms with E-state index in [4.69, 9.17) is 4.74 Å². The zero-order valence-electron chi connectivity index (χ0n) is 12.3. The highest BCUT2D eigenvalue weighted by Gasteiger charge is 2.23. The van der Waals surface area contributed by atoms with Crippen LogP contribution in [-0.4, -0.2) is 67.2 Å². The predicted octanol–water partition coefficient (Wildman–Crippen LogP) is 0.203. The molecule has 2 aliphatic rings. The molecule has 3 heterocycles. The third-order valence-corrected chi connectivity index (χ3v) is 3.99. The first kappa shape index (κ1) is 14.2. The number of nitrogens with zero attached hydrogens (tertiary/aromatic N) is 4. The minimum absolute atomic E-state index is 0.0107. The third kappa shape index (κ3) is 3.48. The van der Waals surface area contributed by atoms with Crippen LogP contribution < -0.4 is 10.2 Å². The average Bonchev–Trinajstić information content (AvgIpc) is 3.03. The quantitative estimate of drug-likeness (QED) is 0.858. The lowest BCUT2D eigenvalue weighted by Crippen LogP contribution is -2.45. The number of aromatic nitrogens is 2. The standard InChI is InChI=1S/C14H21N5O2/c1-18-3-5-19(6-4-18)14-15-8-12(9-16-14)17-13(20)11-2-7-21-10-11/h8-9,11H,2-7,10H2,1H3,(H,17,20). The molecule has 0 aromatic carbocycles. The van der Waals surface area contributed by atoms with Gasteiger partial charge in [-0.05, 0) is 13.5 Å². The molecular weight excluding hydrogens is 270 g/mol. The number of rotatable bonds is 3. The van der Waals surface area contributed by atoms with Crippen LogP contribution in [0.5, 0.6) is 0 Å². The lowest BCUT2D eigenvalue weighted by Gasteiger charge is -2.32. The molecule has 7 heteroatoms. The van der Waals surface area contributed by atoms with E-state index in [-0.39, 0.29) is 11.8 Å². The number of carbonyl (C=O) groups is 1. The Morgan fingerprint density at radius 2 is 2.00 bits per heavy atom. The van der Waals surface area contributed by atoms with Gasteiger partial charge in [-0.1, -0.05) is 0 Å². The molecule has 2 fully saturated rings. The maximum Gasteiger partial charge on any atom is 0.229 e. The molecule has 0 bridgehead atoms. The molecule has 1 unspecified atom stereocenters. The van der Waals surface area contributed by atoms with Crippen molar-refractivity contribution in [1.82, 2.24) is 14.9 Å². The predicted molar refractivity (Wildman–Crippen MR) is 79.3 cm³/mol. The number of likely N-dealkylation sites (N-methyl/N-ethyl adjacent to an activating group) is 1. The van der Waals surface area contributed by atoms with Gasteiger partial charge in [-0.25, -0.2) is 9.97 Å². The van der Waals surface area contributed by atoms with Crippen LogP contribution in [0.1, 0.15) is 6.42 Å². The van der Waals surface area contributed by atoms with Gasteiger partial charge < -0.3 is 19.9 Å². The minimum Gasteiger partial charge on any atom is -0.381 e. The van der Waals surface area contributed by atoms with E-state index in [0.29, 0.717) is 18.9 Å². The summed E-state index contributed by atoms with van der Waals surface area (Å²) in [6.45, 7) is 5.07. The van der Waals surface area contributed by atoms with E-state index in [0.717, 1.165) is 38.5 Å². The van der Waals surface area contributed by atoms with Gasteiger partial charge in [-0.3, -0.25) is 4.79 Å². The fraction of sp³-hybridized carbons (Fsp3) is 0.643. The molecule has 0 saturated carbocycles. The van der Waals surface area contributed by atoms with Gasteiger partial charge in [0, 0.05) is 32.8 Å². The van der Waals surface area contributed by atoms with Crippen molar-refractivity contribution >= 4 is 17.5 Å². The molecule has 7 nitrogen and oxygen atoms in total. The highest BCUT2D eigenvalue weighted by atomic mass is 16.5. The van der Waals surface area contributed by atoms with Gasteiger partial charge >= 0.3 is 0 Å². The first-order valence-electron chi connectivity index (χ1n) is 7.36. The van der Waals surface area contributed by atoms with Crippen LogP contribution >= 0.6 is 0 Å². The summed E-state index contributed by atoms with van der Waals surface area (Å²) in [7, 11) is 2.11. The van der Waals surface area contributed by atoms with Crippen LogP contribution in [0, 0.1) is 5.92 Å². The summed E-state index contributed by atoms with van der Waals surface area (Å²) >= 11 is 0. The summed E-state index contributed by atoms with van der Waals surface area (Å²) in [5, 5.41) is 2.85. The fourth-order valence-electron chi connectivity index (χ4n) is 2.54. The molecule has 0 spiro atoms. The van der Waals surface area contributed by atoms with Crippen LogP contribution in [0.2, 0.25) is 0 Å². The zero-order valence-corrected chi connectivity index (χ0v) is 12.3. The van der Waals surface area contributed by atoms with Crippen molar-refractivity contribution in [3.05, 3.63) is 12.4 Å². The van der Waals surface area contributed by atoms with Gasteiger partial charge in [0.1, 0.15) is 0 Å². The van der Waals surface area contributed by atoms with E-state index in [1.54, 1.807) is 12.4 Å². The Bertz CT molecular complexity index is 479. The lowest BCUT2D eigenvalue weighted by atomic mass is 10.1. The number of carbonyl (C=O) groups excluding carboxylic acids is 1. The van der Waals surface area contributed by atoms with Gasteiger partial charge in [0.25, 0.3) is 0 Å². The monoisotopic (exact) mass is 291 g/mol. The first-order chi connectivity index (χ1) is 10.2. The molecule has 114 valence electrons. The molecule has 1 N–H and O–H groups in total. The summed E-state index contributed by atoms with van der Waals surface area (Å²) in [4.78, 5) is 25.1. The second kappa shape index (κ2) is 6.36. The van der Waals surface area contributed by atoms with Crippen molar-refractivity contribution in [2.75, 3.05) is 56.7 Å². The van der Waals surface area contributed by atoms with E-state index < -0.39 is 0 Å². The number of piperazine rings is 1. The second-order valence-corrected chi connectivity index (χ2v) is 5.61. The summed E-state index contributed by atoms with van der Waals surface area (Å²) < 4.78 is 5.22. The van der Waals surface area contributed by atoms with E-state index in [9.17, 15) is 4.79 Å². The Balaban J connectivity index is 1.57. The Morgan fingerprint density at radius 1 is 1.29 bits per heavy atom. The van der Waals surface area contributed by atoms with E-state index in [1.165, 1.54) is 0 Å². The topological polar surface area (TPSA) is 70.6 Å². The van der Waals surface area contributed by atoms with Crippen LogP contribution in [0.3, 0.4) is 0 Å². The smallest absolute Gasteiger partial charge is 0.229 e. The largest absolute Gasteiger partial charge is 0.381 e. The fourth-order valence-corrected chi connectivity index (χ4v) is 2.54. The normalized spacial score (nSPS) is 23.3. The van der Waals surface area contributed by atoms with Gasteiger partial charge in [0.05, 0.1) is 30.6 Å². The highest BCUT2D eigenvalue weighted by molar-refractivity contribution is 5.92. The van der Waals surface area contributed by atoms with Crippen molar-refractivity contribution in [1.29, 1.82) is 0 Å². The summed E-state index contributed by atoms with van der Waals surface area (Å²) in [5.41, 5.74) is 0.643. The molecule has 0 aliphatic carbocycles. The summed E-state index contributed by atoms with van der Waals surface area (Å²) in [5.74, 6) is 0.663. The van der Waals surface area contributed by atoms with Crippen molar-refractivity contribution in [3.63, 3.8) is 0 Å². The number of amides is 1. The van der Waals surface area contributed by atoms with Crippen molar-refractivity contribution < 1.29 is 9.53 Å². The Kier molecular flexibility index (Phi) is 4.31. The molecule has 2 saturated heterocycles. The number of hydrogen-bond acceptors (Lipinski definition) is 6. The van der Waals surface area contributed by atoms with E-state index in [1.807, 2.05) is 0 Å². The van der Waals surface area contributed by atoms with Crippen LogP contribution in [0.4, 0.5) is 11.6 Å². The molecule has 0 radical (unpaired) electrons. The van der Waals surface area contributed by atoms with Crippen molar-refractivity contribution in [2.45, 2.75) is 6.42 Å². The third-order valence-electron chi connectivity index (χ3n) is 3.99. The molecule has 1 aromatic rings. The second-order valence-electron chi connectivity index (χ2n) is 5.61. The Morgan fingerprint density at radius 3 is 2.62 bits per heavy atom. The maximum absolute atomic E-state index is 12.0. The van der Waals surface area contributed by atoms with Gasteiger partial charge in [0.15, 0.2) is 0 Å². The van der Waals surface area contributed by atoms with E-state index >= 15 is 0 Å². The van der Waals surface area contributed by atoms with Crippen LogP contribution in [-0.2, 0) is 9.53 Å². The van der Waals surface area contributed by atoms with Crippen LogP contribution in [0.15, 0.2) is 12.4 Å². The molecule has 3 rings (SSSR count). The zero-order chi connectivity index (χ0) is 14.7. The molecule has 21 heavy (non-hydrogen) atoms.